The maximum Gasteiger partial charge on any atom is 0.118 e. The molecule has 0 spiro atoms. The zero-order valence-corrected chi connectivity index (χ0v) is 14.5. The van der Waals surface area contributed by atoms with Gasteiger partial charge in [0.2, 0.25) is 0 Å². The SMILES string of the molecule is COc1ccc(CCC2C(C)=CC[C@@H](Br)C2(C)C)cc1. The summed E-state index contributed by atoms with van der Waals surface area (Å²) in [6, 6.07) is 8.47. The second-order valence-electron chi connectivity index (χ2n) is 6.41. The molecule has 0 saturated heterocycles. The van der Waals surface area contributed by atoms with Crippen molar-refractivity contribution in [2.75, 3.05) is 7.11 Å². The Morgan fingerprint density at radius 2 is 1.90 bits per heavy atom. The van der Waals surface area contributed by atoms with Gasteiger partial charge in [0.1, 0.15) is 5.75 Å². The monoisotopic (exact) mass is 336 g/mol. The van der Waals surface area contributed by atoms with E-state index in [-0.39, 0.29) is 0 Å². The van der Waals surface area contributed by atoms with Crippen LogP contribution >= 0.6 is 15.9 Å². The van der Waals surface area contributed by atoms with Crippen molar-refractivity contribution < 1.29 is 4.74 Å². The standard InChI is InChI=1S/C18H25BrO/c1-13-5-12-17(19)18(2,3)16(13)11-8-14-6-9-15(20-4)10-7-14/h5-7,9-10,16-17H,8,11-12H2,1-4H3/t16?,17-/m1/s1. The highest BCUT2D eigenvalue weighted by Gasteiger charge is 2.38. The van der Waals surface area contributed by atoms with E-state index >= 15 is 0 Å². The molecule has 1 aromatic rings. The minimum absolute atomic E-state index is 0.325. The highest BCUT2D eigenvalue weighted by Crippen LogP contribution is 2.46. The van der Waals surface area contributed by atoms with Gasteiger partial charge in [-0.2, -0.15) is 0 Å². The van der Waals surface area contributed by atoms with Gasteiger partial charge in [-0.15, -0.1) is 0 Å². The Morgan fingerprint density at radius 1 is 1.25 bits per heavy atom. The van der Waals surface area contributed by atoms with Crippen molar-refractivity contribution in [3.05, 3.63) is 41.5 Å². The Hall–Kier alpha value is -0.760. The zero-order chi connectivity index (χ0) is 14.8. The van der Waals surface area contributed by atoms with Crippen LogP contribution in [0.2, 0.25) is 0 Å². The van der Waals surface area contributed by atoms with Crippen LogP contribution in [-0.2, 0) is 6.42 Å². The van der Waals surface area contributed by atoms with Gasteiger partial charge in [0.25, 0.3) is 0 Å². The second-order valence-corrected chi connectivity index (χ2v) is 7.52. The molecular formula is C18H25BrO. The summed E-state index contributed by atoms with van der Waals surface area (Å²) in [7, 11) is 1.71. The highest BCUT2D eigenvalue weighted by atomic mass is 79.9. The molecule has 0 bridgehead atoms. The average Bonchev–Trinajstić information content (AvgIpc) is 2.44. The number of ether oxygens (including phenoxy) is 1. The molecule has 1 aromatic carbocycles. The summed E-state index contributed by atoms with van der Waals surface area (Å²) >= 11 is 3.86. The molecule has 0 amide bonds. The second kappa shape index (κ2) is 6.34. The van der Waals surface area contributed by atoms with Crippen molar-refractivity contribution >= 4 is 15.9 Å². The normalized spacial score (nSPS) is 25.1. The molecule has 110 valence electrons. The van der Waals surface area contributed by atoms with E-state index in [0.717, 1.165) is 18.6 Å². The molecule has 1 aliphatic carbocycles. The molecule has 0 N–H and O–H groups in total. The van der Waals surface area contributed by atoms with Gasteiger partial charge < -0.3 is 4.74 Å². The van der Waals surface area contributed by atoms with E-state index in [0.29, 0.717) is 16.2 Å². The summed E-state index contributed by atoms with van der Waals surface area (Å²) in [6.07, 6.45) is 5.90. The van der Waals surface area contributed by atoms with Crippen LogP contribution in [0.25, 0.3) is 0 Å². The van der Waals surface area contributed by atoms with E-state index < -0.39 is 0 Å². The van der Waals surface area contributed by atoms with Crippen molar-refractivity contribution in [1.29, 1.82) is 0 Å². The maximum atomic E-state index is 5.21. The van der Waals surface area contributed by atoms with Crippen LogP contribution in [0.3, 0.4) is 0 Å². The van der Waals surface area contributed by atoms with Crippen LogP contribution in [0.15, 0.2) is 35.9 Å². The first kappa shape index (κ1) is 15.6. The van der Waals surface area contributed by atoms with Crippen molar-refractivity contribution in [1.82, 2.24) is 0 Å². The number of aryl methyl sites for hydroxylation is 1. The molecule has 2 atom stereocenters. The lowest BCUT2D eigenvalue weighted by atomic mass is 9.66. The molecule has 0 aliphatic heterocycles. The number of hydrogen-bond acceptors (Lipinski definition) is 1. The van der Waals surface area contributed by atoms with Crippen LogP contribution in [0.4, 0.5) is 0 Å². The lowest BCUT2D eigenvalue weighted by Crippen LogP contribution is -2.36. The molecule has 20 heavy (non-hydrogen) atoms. The molecule has 2 rings (SSSR count). The Morgan fingerprint density at radius 3 is 2.50 bits per heavy atom. The minimum Gasteiger partial charge on any atom is -0.497 e. The van der Waals surface area contributed by atoms with Crippen molar-refractivity contribution in [2.45, 2.75) is 44.9 Å². The van der Waals surface area contributed by atoms with Gasteiger partial charge in [0, 0.05) is 4.83 Å². The van der Waals surface area contributed by atoms with Crippen LogP contribution < -0.4 is 4.74 Å². The number of halogens is 1. The maximum absolute atomic E-state index is 5.21. The number of alkyl halides is 1. The van der Waals surface area contributed by atoms with Gasteiger partial charge in [0.05, 0.1) is 7.11 Å². The molecule has 0 saturated carbocycles. The quantitative estimate of drug-likeness (QED) is 0.529. The van der Waals surface area contributed by atoms with Gasteiger partial charge in [-0.3, -0.25) is 0 Å². The predicted molar refractivity (Wildman–Crippen MR) is 89.7 cm³/mol. The lowest BCUT2D eigenvalue weighted by molar-refractivity contribution is 0.217. The molecule has 0 fully saturated rings. The van der Waals surface area contributed by atoms with Crippen LogP contribution in [0, 0.1) is 11.3 Å². The number of methoxy groups -OCH3 is 1. The largest absolute Gasteiger partial charge is 0.497 e. The Labute approximate surface area is 131 Å². The van der Waals surface area contributed by atoms with Crippen molar-refractivity contribution in [2.24, 2.45) is 11.3 Å². The zero-order valence-electron chi connectivity index (χ0n) is 12.9. The number of hydrogen-bond donors (Lipinski definition) is 0. The third-order valence-corrected chi connectivity index (χ3v) is 6.34. The molecule has 1 unspecified atom stereocenters. The van der Waals surface area contributed by atoms with Crippen LogP contribution in [-0.4, -0.2) is 11.9 Å². The fourth-order valence-corrected chi connectivity index (χ4v) is 3.75. The summed E-state index contributed by atoms with van der Waals surface area (Å²) in [5, 5.41) is 0. The van der Waals surface area contributed by atoms with Crippen molar-refractivity contribution in [3.63, 3.8) is 0 Å². The average molecular weight is 337 g/mol. The Kier molecular flexibility index (Phi) is 4.95. The number of rotatable bonds is 4. The molecule has 0 heterocycles. The predicted octanol–water partition coefficient (Wildman–Crippen LogP) is 5.38. The van der Waals surface area contributed by atoms with Crippen LogP contribution in [0.1, 0.15) is 39.2 Å². The first-order chi connectivity index (χ1) is 9.45. The molecule has 0 aromatic heterocycles. The fraction of sp³-hybridized carbons (Fsp3) is 0.556. The summed E-state index contributed by atoms with van der Waals surface area (Å²) in [5.74, 6) is 1.59. The lowest BCUT2D eigenvalue weighted by Gasteiger charge is -2.42. The third kappa shape index (κ3) is 3.28. The van der Waals surface area contributed by atoms with Gasteiger partial charge in [0.15, 0.2) is 0 Å². The van der Waals surface area contributed by atoms with E-state index in [2.05, 4.69) is 67.0 Å². The molecular weight excluding hydrogens is 312 g/mol. The van der Waals surface area contributed by atoms with E-state index in [4.69, 9.17) is 4.74 Å². The first-order valence-electron chi connectivity index (χ1n) is 7.38. The van der Waals surface area contributed by atoms with Crippen molar-refractivity contribution in [3.8, 4) is 5.75 Å². The van der Waals surface area contributed by atoms with E-state index in [9.17, 15) is 0 Å². The summed E-state index contributed by atoms with van der Waals surface area (Å²) in [6.45, 7) is 7.07. The number of allylic oxidation sites excluding steroid dienone is 2. The van der Waals surface area contributed by atoms with E-state index in [1.54, 1.807) is 12.7 Å². The summed E-state index contributed by atoms with van der Waals surface area (Å²) < 4.78 is 5.21. The van der Waals surface area contributed by atoms with E-state index in [1.165, 1.54) is 12.0 Å². The smallest absolute Gasteiger partial charge is 0.118 e. The molecule has 1 nitrogen and oxygen atoms in total. The topological polar surface area (TPSA) is 9.23 Å². The minimum atomic E-state index is 0.325. The van der Waals surface area contributed by atoms with Gasteiger partial charge in [-0.05, 0) is 55.2 Å². The molecule has 0 radical (unpaired) electrons. The first-order valence-corrected chi connectivity index (χ1v) is 8.30. The molecule has 1 aliphatic rings. The highest BCUT2D eigenvalue weighted by molar-refractivity contribution is 9.09. The Balaban J connectivity index is 2.04. The van der Waals surface area contributed by atoms with Gasteiger partial charge in [-0.25, -0.2) is 0 Å². The van der Waals surface area contributed by atoms with Gasteiger partial charge in [-0.1, -0.05) is 53.6 Å². The van der Waals surface area contributed by atoms with E-state index in [1.807, 2.05) is 0 Å². The number of benzene rings is 1. The fourth-order valence-electron chi connectivity index (χ4n) is 3.24. The third-order valence-electron chi connectivity index (χ3n) is 4.78. The summed E-state index contributed by atoms with van der Waals surface area (Å²) in [4.78, 5) is 0.583. The summed E-state index contributed by atoms with van der Waals surface area (Å²) in [5.41, 5.74) is 3.27. The van der Waals surface area contributed by atoms with Crippen LogP contribution in [0.5, 0.6) is 5.75 Å². The Bertz CT molecular complexity index is 473. The molecule has 2 heteroatoms. The van der Waals surface area contributed by atoms with Gasteiger partial charge >= 0.3 is 0 Å².